The van der Waals surface area contributed by atoms with Gasteiger partial charge in [-0.1, -0.05) is 59.6 Å². The summed E-state index contributed by atoms with van der Waals surface area (Å²) in [5.74, 6) is 0. The molecule has 0 amide bonds. The molecule has 0 aromatic heterocycles. The van der Waals surface area contributed by atoms with E-state index in [0.29, 0.717) is 11.6 Å². The van der Waals surface area contributed by atoms with Crippen molar-refractivity contribution in [1.29, 1.82) is 0 Å². The number of fused-ring (bicyclic) bond motifs is 1. The van der Waals surface area contributed by atoms with Crippen molar-refractivity contribution in [2.45, 2.75) is 12.6 Å². The molecule has 1 atom stereocenters. The number of morpholine rings is 1. The Kier molecular flexibility index (Phi) is 6.61. The zero-order valence-electron chi connectivity index (χ0n) is 18.4. The summed E-state index contributed by atoms with van der Waals surface area (Å²) in [6.45, 7) is 5.20. The van der Waals surface area contributed by atoms with Gasteiger partial charge in [-0.05, 0) is 53.1 Å². The number of rotatable bonds is 5. The third kappa shape index (κ3) is 4.90. The zero-order chi connectivity index (χ0) is 22.8. The fourth-order valence-electron chi connectivity index (χ4n) is 4.69. The number of hydrogen-bond acceptors (Lipinski definition) is 4. The van der Waals surface area contributed by atoms with E-state index in [9.17, 15) is 0 Å². The summed E-state index contributed by atoms with van der Waals surface area (Å²) in [5.41, 5.74) is 12.8. The Balaban J connectivity index is 1.52. The molecule has 1 fully saturated rings. The molecule has 0 saturated carbocycles. The first-order valence-electron chi connectivity index (χ1n) is 11.2. The van der Waals surface area contributed by atoms with E-state index in [1.165, 1.54) is 11.1 Å². The lowest BCUT2D eigenvalue weighted by Gasteiger charge is -2.38. The summed E-state index contributed by atoms with van der Waals surface area (Å²) in [7, 11) is 0. The van der Waals surface area contributed by atoms with Crippen LogP contribution >= 0.6 is 23.2 Å². The maximum absolute atomic E-state index is 6.41. The van der Waals surface area contributed by atoms with Gasteiger partial charge in [0.05, 0.1) is 19.3 Å². The second-order valence-electron chi connectivity index (χ2n) is 8.56. The van der Waals surface area contributed by atoms with Crippen molar-refractivity contribution in [3.05, 3.63) is 105 Å². The molecule has 1 saturated heterocycles. The summed E-state index contributed by atoms with van der Waals surface area (Å²) in [6, 6.07) is 22.9. The van der Waals surface area contributed by atoms with Crippen molar-refractivity contribution in [1.82, 2.24) is 4.90 Å². The van der Waals surface area contributed by atoms with E-state index < -0.39 is 0 Å². The average Bonchev–Trinajstić information content (AvgIpc) is 2.82. The number of nitrogens with zero attached hydrogens (tertiary/aromatic N) is 2. The Morgan fingerprint density at radius 3 is 2.39 bits per heavy atom. The third-order valence-electron chi connectivity index (χ3n) is 6.37. The third-order valence-corrected chi connectivity index (χ3v) is 6.84. The molecular weight excluding hydrogens is 453 g/mol. The van der Waals surface area contributed by atoms with Gasteiger partial charge >= 0.3 is 0 Å². The number of halogens is 2. The molecule has 2 aliphatic heterocycles. The summed E-state index contributed by atoms with van der Waals surface area (Å²) in [4.78, 5) is 4.78. The Hall–Kier alpha value is -2.50. The smallest absolute Gasteiger partial charge is 0.0800 e. The molecule has 5 rings (SSSR count). The molecule has 2 aliphatic rings. The summed E-state index contributed by atoms with van der Waals surface area (Å²) in [6.07, 6.45) is 2.07. The summed E-state index contributed by atoms with van der Waals surface area (Å²) >= 11 is 12.8. The van der Waals surface area contributed by atoms with E-state index in [1.807, 2.05) is 36.4 Å². The molecule has 0 bridgehead atoms. The van der Waals surface area contributed by atoms with E-state index in [-0.39, 0.29) is 6.04 Å². The predicted molar refractivity (Wildman–Crippen MR) is 137 cm³/mol. The van der Waals surface area contributed by atoms with Crippen LogP contribution in [0.2, 0.25) is 10.0 Å². The highest BCUT2D eigenvalue weighted by atomic mass is 35.5. The molecule has 1 unspecified atom stereocenters. The van der Waals surface area contributed by atoms with Crippen molar-refractivity contribution in [3.8, 4) is 0 Å². The van der Waals surface area contributed by atoms with Crippen molar-refractivity contribution in [3.63, 3.8) is 0 Å². The van der Waals surface area contributed by atoms with E-state index in [4.69, 9.17) is 33.7 Å². The number of ether oxygens (including phenoxy) is 1. The van der Waals surface area contributed by atoms with Gasteiger partial charge in [-0.15, -0.1) is 0 Å². The van der Waals surface area contributed by atoms with Gasteiger partial charge in [0, 0.05) is 53.2 Å². The summed E-state index contributed by atoms with van der Waals surface area (Å²) < 4.78 is 5.48. The van der Waals surface area contributed by atoms with Gasteiger partial charge in [0.1, 0.15) is 0 Å². The van der Waals surface area contributed by atoms with Crippen molar-refractivity contribution in [2.24, 2.45) is 5.73 Å². The van der Waals surface area contributed by atoms with Crippen molar-refractivity contribution < 1.29 is 4.74 Å². The van der Waals surface area contributed by atoms with Gasteiger partial charge < -0.3 is 15.4 Å². The van der Waals surface area contributed by atoms with Crippen LogP contribution in [0.25, 0.3) is 5.70 Å². The van der Waals surface area contributed by atoms with Gasteiger partial charge in [-0.25, -0.2) is 0 Å². The molecule has 3 aromatic carbocycles. The first-order chi connectivity index (χ1) is 16.1. The maximum atomic E-state index is 6.41. The van der Waals surface area contributed by atoms with Crippen LogP contribution in [0.3, 0.4) is 0 Å². The van der Waals surface area contributed by atoms with Gasteiger partial charge in [-0.2, -0.15) is 0 Å². The minimum Gasteiger partial charge on any atom is -0.398 e. The van der Waals surface area contributed by atoms with Crippen molar-refractivity contribution in [2.75, 3.05) is 37.7 Å². The van der Waals surface area contributed by atoms with Crippen LogP contribution in [0, 0.1) is 0 Å². The van der Waals surface area contributed by atoms with Gasteiger partial charge in [0.15, 0.2) is 0 Å². The lowest BCUT2D eigenvalue weighted by atomic mass is 9.93. The number of anilines is 1. The normalized spacial score (nSPS) is 17.4. The van der Waals surface area contributed by atoms with Crippen molar-refractivity contribution >= 4 is 34.6 Å². The van der Waals surface area contributed by atoms with Crippen LogP contribution in [0.1, 0.15) is 28.3 Å². The van der Waals surface area contributed by atoms with E-state index in [1.54, 1.807) is 0 Å². The van der Waals surface area contributed by atoms with Crippen LogP contribution < -0.4 is 10.6 Å². The quantitative estimate of drug-likeness (QED) is 0.506. The Bertz CT molecular complexity index is 1160. The minimum absolute atomic E-state index is 0.0253. The molecule has 2 N–H and O–H groups in total. The Morgan fingerprint density at radius 1 is 0.879 bits per heavy atom. The molecule has 0 radical (unpaired) electrons. The topological polar surface area (TPSA) is 41.7 Å². The van der Waals surface area contributed by atoms with Crippen LogP contribution in [0.4, 0.5) is 5.69 Å². The van der Waals surface area contributed by atoms with E-state index >= 15 is 0 Å². The molecule has 33 heavy (non-hydrogen) atoms. The monoisotopic (exact) mass is 479 g/mol. The number of nitrogens with two attached hydrogens (primary N) is 1. The molecule has 2 heterocycles. The second kappa shape index (κ2) is 9.78. The molecule has 0 aliphatic carbocycles. The lowest BCUT2D eigenvalue weighted by molar-refractivity contribution is 0.0342. The lowest BCUT2D eigenvalue weighted by Crippen LogP contribution is -2.35. The molecular formula is C27H27Cl2N3O. The molecule has 170 valence electrons. The Labute approximate surface area is 205 Å². The molecule has 3 aromatic rings. The first kappa shape index (κ1) is 22.3. The van der Waals surface area contributed by atoms with E-state index in [2.05, 4.69) is 46.2 Å². The maximum Gasteiger partial charge on any atom is 0.0800 e. The molecule has 4 nitrogen and oxygen atoms in total. The highest BCUT2D eigenvalue weighted by Gasteiger charge is 2.27. The SMILES string of the molecule is NC1=CCN(C(c2ccc(CN3CCOCC3)cc2)c2cccc(Cl)c2)c2cc(Cl)ccc21. The second-order valence-corrected chi connectivity index (χ2v) is 9.43. The highest BCUT2D eigenvalue weighted by Crippen LogP contribution is 2.40. The zero-order valence-corrected chi connectivity index (χ0v) is 19.9. The molecule has 0 spiro atoms. The van der Waals surface area contributed by atoms with Crippen LogP contribution in [-0.2, 0) is 11.3 Å². The van der Waals surface area contributed by atoms with Gasteiger partial charge in [0.2, 0.25) is 0 Å². The average molecular weight is 480 g/mol. The first-order valence-corrected chi connectivity index (χ1v) is 12.0. The minimum atomic E-state index is -0.0253. The summed E-state index contributed by atoms with van der Waals surface area (Å²) in [5, 5.41) is 1.42. The van der Waals surface area contributed by atoms with Gasteiger partial charge in [0.25, 0.3) is 0 Å². The van der Waals surface area contributed by atoms with Crippen LogP contribution in [-0.4, -0.2) is 37.7 Å². The van der Waals surface area contributed by atoms with E-state index in [0.717, 1.165) is 60.4 Å². The fourth-order valence-corrected chi connectivity index (χ4v) is 5.05. The molecule has 6 heteroatoms. The Morgan fingerprint density at radius 2 is 1.64 bits per heavy atom. The number of benzene rings is 3. The van der Waals surface area contributed by atoms with Crippen LogP contribution in [0.15, 0.2) is 72.8 Å². The standard InChI is InChI=1S/C27H27Cl2N3O/c28-22-3-1-2-21(16-22)27(32-11-10-25(30)24-9-8-23(29)17-26(24)32)20-6-4-19(5-7-20)18-31-12-14-33-15-13-31/h1-10,16-17,27H,11-15,18,30H2. The highest BCUT2D eigenvalue weighted by molar-refractivity contribution is 6.31. The van der Waals surface area contributed by atoms with Gasteiger partial charge in [-0.3, -0.25) is 4.90 Å². The largest absolute Gasteiger partial charge is 0.398 e. The van der Waals surface area contributed by atoms with Crippen LogP contribution in [0.5, 0.6) is 0 Å². The number of hydrogen-bond donors (Lipinski definition) is 1. The predicted octanol–water partition coefficient (Wildman–Crippen LogP) is 5.73. The fraction of sp³-hybridized carbons (Fsp3) is 0.259.